The highest BCUT2D eigenvalue weighted by Crippen LogP contribution is 2.35. The molecule has 3 aromatic rings. The van der Waals surface area contributed by atoms with E-state index in [-0.39, 0.29) is 17.5 Å². The van der Waals surface area contributed by atoms with Crippen LogP contribution >= 0.6 is 23.1 Å². The molecule has 0 aromatic carbocycles. The van der Waals surface area contributed by atoms with E-state index in [0.29, 0.717) is 12.2 Å². The Balaban J connectivity index is 1.20. The van der Waals surface area contributed by atoms with Gasteiger partial charge in [-0.3, -0.25) is 9.59 Å². The molecule has 0 saturated carbocycles. The van der Waals surface area contributed by atoms with Gasteiger partial charge in [-0.2, -0.15) is 11.8 Å². The Morgan fingerprint density at radius 1 is 1.28 bits per heavy atom. The van der Waals surface area contributed by atoms with Gasteiger partial charge >= 0.3 is 0 Å². The van der Waals surface area contributed by atoms with Crippen LogP contribution in [0.2, 0.25) is 0 Å². The number of aromatic amines is 1. The second-order valence-electron chi connectivity index (χ2n) is 8.85. The molecule has 32 heavy (non-hydrogen) atoms. The molecule has 1 aliphatic heterocycles. The van der Waals surface area contributed by atoms with E-state index in [2.05, 4.69) is 39.8 Å². The zero-order chi connectivity index (χ0) is 22.1. The maximum atomic E-state index is 13.1. The van der Waals surface area contributed by atoms with Crippen LogP contribution in [0, 0.1) is 0 Å². The van der Waals surface area contributed by atoms with E-state index < -0.39 is 0 Å². The minimum atomic E-state index is -0.00366. The number of nitrogens with zero attached hydrogens (tertiary/aromatic N) is 3. The van der Waals surface area contributed by atoms with Gasteiger partial charge in [0.2, 0.25) is 5.91 Å². The largest absolute Gasteiger partial charge is 0.353 e. The van der Waals surface area contributed by atoms with Crippen molar-refractivity contribution in [3.8, 4) is 0 Å². The van der Waals surface area contributed by atoms with E-state index in [9.17, 15) is 9.59 Å². The number of fused-ring (bicyclic) bond motifs is 3. The van der Waals surface area contributed by atoms with Gasteiger partial charge in [0.05, 0.1) is 17.2 Å². The topological polar surface area (TPSA) is 71.0 Å². The average Bonchev–Trinajstić information content (AvgIpc) is 3.42. The van der Waals surface area contributed by atoms with Gasteiger partial charge in [0, 0.05) is 42.5 Å². The lowest BCUT2D eigenvalue weighted by Crippen LogP contribution is -2.35. The molecule has 2 aliphatic rings. The number of H-pyrrole nitrogens is 1. The summed E-state index contributed by atoms with van der Waals surface area (Å²) in [5, 5.41) is 0.805. The second-order valence-corrected chi connectivity index (χ2v) is 11.0. The highest BCUT2D eigenvalue weighted by atomic mass is 32.2. The fraction of sp³-hybridized carbons (Fsp3) is 0.542. The summed E-state index contributed by atoms with van der Waals surface area (Å²) >= 11 is 3.35. The van der Waals surface area contributed by atoms with E-state index in [4.69, 9.17) is 4.98 Å². The van der Waals surface area contributed by atoms with Crippen LogP contribution in [0.3, 0.4) is 0 Å². The maximum Gasteiger partial charge on any atom is 0.259 e. The first-order valence-electron chi connectivity index (χ1n) is 11.6. The lowest BCUT2D eigenvalue weighted by Gasteiger charge is -2.30. The van der Waals surface area contributed by atoms with Crippen molar-refractivity contribution in [1.29, 1.82) is 0 Å². The lowest BCUT2D eigenvalue weighted by atomic mass is 10.1. The zero-order valence-corrected chi connectivity index (χ0v) is 20.2. The maximum absolute atomic E-state index is 13.1. The van der Waals surface area contributed by atoms with Gasteiger partial charge in [0.1, 0.15) is 10.7 Å². The Labute approximate surface area is 196 Å². The number of thioether (sulfide) groups is 1. The monoisotopic (exact) mass is 470 g/mol. The van der Waals surface area contributed by atoms with Gasteiger partial charge in [0.25, 0.3) is 5.56 Å². The number of aryl methyl sites for hydroxylation is 3. The number of carbonyl (C=O) groups is 1. The minimum Gasteiger partial charge on any atom is -0.353 e. The molecule has 1 atom stereocenters. The molecule has 3 aromatic heterocycles. The number of rotatable bonds is 6. The second kappa shape index (κ2) is 9.43. The standard InChI is InChI=1S/C24H30N4O2S2/c1-27-12-6-9-17(27)18-8-3-2-4-13-28(18)21(29)11-14-31-15-20-25-23(30)22-16-7-5-10-19(16)32-24(22)26-20/h6,9,12,18H,2-5,7-8,10-11,13-15H2,1H3,(H,25,26,30)/t18-/m1/s1. The number of hydrogen-bond acceptors (Lipinski definition) is 5. The van der Waals surface area contributed by atoms with Crippen molar-refractivity contribution >= 4 is 39.2 Å². The molecule has 0 unspecified atom stereocenters. The summed E-state index contributed by atoms with van der Waals surface area (Å²) < 4.78 is 2.14. The molecular weight excluding hydrogens is 440 g/mol. The number of likely N-dealkylation sites (tertiary alicyclic amines) is 1. The molecule has 1 N–H and O–H groups in total. The van der Waals surface area contributed by atoms with Crippen LogP contribution in [0.25, 0.3) is 10.2 Å². The molecule has 4 heterocycles. The van der Waals surface area contributed by atoms with Crippen LogP contribution in [-0.2, 0) is 30.4 Å². The number of carbonyl (C=O) groups excluding carboxylic acids is 1. The van der Waals surface area contributed by atoms with Crippen molar-refractivity contribution in [2.45, 2.75) is 63.2 Å². The normalized spacial score (nSPS) is 18.8. The van der Waals surface area contributed by atoms with E-state index in [1.807, 2.05) is 0 Å². The number of nitrogens with one attached hydrogen (secondary N) is 1. The fourth-order valence-corrected chi connectivity index (χ4v) is 7.20. The third-order valence-electron chi connectivity index (χ3n) is 6.72. The first kappa shape index (κ1) is 21.8. The number of hydrogen-bond donors (Lipinski definition) is 1. The Bertz CT molecular complexity index is 1180. The molecule has 0 radical (unpaired) electrons. The van der Waals surface area contributed by atoms with Crippen molar-refractivity contribution in [3.05, 3.63) is 50.6 Å². The molecule has 0 bridgehead atoms. The molecule has 0 spiro atoms. The van der Waals surface area contributed by atoms with E-state index >= 15 is 0 Å². The summed E-state index contributed by atoms with van der Waals surface area (Å²) in [6.07, 6.45) is 10.3. The van der Waals surface area contributed by atoms with Crippen molar-refractivity contribution < 1.29 is 4.79 Å². The predicted octanol–water partition coefficient (Wildman–Crippen LogP) is 4.58. The van der Waals surface area contributed by atoms with Crippen LogP contribution in [-0.4, -0.2) is 37.6 Å². The van der Waals surface area contributed by atoms with Crippen molar-refractivity contribution in [1.82, 2.24) is 19.4 Å². The third-order valence-corrected chi connectivity index (χ3v) is 8.88. The zero-order valence-electron chi connectivity index (χ0n) is 18.6. The van der Waals surface area contributed by atoms with Crippen LogP contribution in [0.15, 0.2) is 23.1 Å². The number of aromatic nitrogens is 3. The van der Waals surface area contributed by atoms with E-state index in [0.717, 1.165) is 60.4 Å². The summed E-state index contributed by atoms with van der Waals surface area (Å²) in [4.78, 5) is 37.7. The van der Waals surface area contributed by atoms with E-state index in [1.165, 1.54) is 29.0 Å². The molecule has 170 valence electrons. The Kier molecular flexibility index (Phi) is 6.42. The third kappa shape index (κ3) is 4.27. The van der Waals surface area contributed by atoms with Crippen molar-refractivity contribution in [3.63, 3.8) is 0 Å². The van der Waals surface area contributed by atoms with Gasteiger partial charge in [-0.15, -0.1) is 11.3 Å². The van der Waals surface area contributed by atoms with E-state index in [1.54, 1.807) is 23.1 Å². The SMILES string of the molecule is Cn1cccc1[C@H]1CCCCCN1C(=O)CCSCc1nc2sc3c(c2c(=O)[nH]1)CCC3. The molecule has 1 saturated heterocycles. The molecule has 1 fully saturated rings. The Morgan fingerprint density at radius 2 is 2.19 bits per heavy atom. The van der Waals surface area contributed by atoms with Crippen LogP contribution < -0.4 is 5.56 Å². The van der Waals surface area contributed by atoms with Gasteiger partial charge in [0.15, 0.2) is 0 Å². The molecule has 1 aliphatic carbocycles. The molecule has 1 amide bonds. The number of thiophene rings is 1. The molecule has 6 nitrogen and oxygen atoms in total. The Hall–Kier alpha value is -2.06. The highest BCUT2D eigenvalue weighted by molar-refractivity contribution is 7.98. The Morgan fingerprint density at radius 3 is 3.03 bits per heavy atom. The van der Waals surface area contributed by atoms with Crippen molar-refractivity contribution in [2.24, 2.45) is 7.05 Å². The van der Waals surface area contributed by atoms with Crippen LogP contribution in [0.5, 0.6) is 0 Å². The van der Waals surface area contributed by atoms with Gasteiger partial charge in [-0.25, -0.2) is 4.98 Å². The van der Waals surface area contributed by atoms with Crippen LogP contribution in [0.4, 0.5) is 0 Å². The summed E-state index contributed by atoms with van der Waals surface area (Å²) in [6.45, 7) is 0.841. The summed E-state index contributed by atoms with van der Waals surface area (Å²) in [5.74, 6) is 2.31. The minimum absolute atomic E-state index is 0.00366. The quantitative estimate of drug-likeness (QED) is 0.536. The molecular formula is C24H30N4O2S2. The van der Waals surface area contributed by atoms with Gasteiger partial charge in [-0.05, 0) is 49.8 Å². The summed E-state index contributed by atoms with van der Waals surface area (Å²) in [7, 11) is 2.06. The fourth-order valence-electron chi connectivity index (χ4n) is 5.12. The van der Waals surface area contributed by atoms with Crippen molar-refractivity contribution in [2.75, 3.05) is 12.3 Å². The summed E-state index contributed by atoms with van der Waals surface area (Å²) in [6, 6.07) is 4.38. The van der Waals surface area contributed by atoms with Gasteiger partial charge in [-0.1, -0.05) is 12.8 Å². The summed E-state index contributed by atoms with van der Waals surface area (Å²) in [5.41, 5.74) is 2.44. The first-order valence-corrected chi connectivity index (χ1v) is 13.6. The average molecular weight is 471 g/mol. The first-order chi connectivity index (χ1) is 15.6. The highest BCUT2D eigenvalue weighted by Gasteiger charge is 2.28. The van der Waals surface area contributed by atoms with Crippen LogP contribution in [0.1, 0.15) is 66.5 Å². The van der Waals surface area contributed by atoms with Gasteiger partial charge < -0.3 is 14.5 Å². The smallest absolute Gasteiger partial charge is 0.259 e. The lowest BCUT2D eigenvalue weighted by molar-refractivity contribution is -0.133. The predicted molar refractivity (Wildman–Crippen MR) is 131 cm³/mol. The number of amides is 1. The molecule has 5 rings (SSSR count). The molecule has 8 heteroatoms.